The number of carbonyl (C=O) groups excluding carboxylic acids is 2. The van der Waals surface area contributed by atoms with Gasteiger partial charge in [-0.3, -0.25) is 18.6 Å². The Hall–Kier alpha value is -2.29. The van der Waals surface area contributed by atoms with Crippen LogP contribution in [0.25, 0.3) is 0 Å². The highest BCUT2D eigenvalue weighted by Gasteiger charge is 2.25. The number of esters is 2. The molecule has 0 rings (SSSR count). The van der Waals surface area contributed by atoms with Crippen molar-refractivity contribution < 1.29 is 37.6 Å². The van der Waals surface area contributed by atoms with Gasteiger partial charge in [0, 0.05) is 19.4 Å². The largest absolute Gasteiger partial charge is 0.472 e. The molecule has 0 saturated heterocycles. The van der Waals surface area contributed by atoms with Gasteiger partial charge in [0.1, 0.15) is 6.61 Å². The SMILES string of the molecule is CCCCCC=CCC=CCC=CCC=CCC=CCCC(=O)OC(COC(=O)CCCCCCCCCCCCCCCCCCCCC)COP(=O)(O)OCCN. The summed E-state index contributed by atoms with van der Waals surface area (Å²) >= 11 is 0. The van der Waals surface area contributed by atoms with Gasteiger partial charge >= 0.3 is 19.8 Å². The fraction of sp³-hybridized carbons (Fsp3) is 0.755. The predicted molar refractivity (Wildman–Crippen MR) is 247 cm³/mol. The standard InChI is InChI=1S/C49H88NO8P/c1-3-5-7-9-11-13-15-17-19-21-23-25-27-29-31-33-35-37-39-41-48(51)55-45-47(46-57-59(53,54)56-44-43-50)58-49(52)42-40-38-36-34-32-30-28-26-24-22-20-18-16-14-12-10-8-6-4-2/h12,14,18,20,24,26,30,32,36,38,47H,3-11,13,15-17,19,21-23,25,27-29,31,33-35,37,39-46,50H2,1-2H3,(H,53,54). The van der Waals surface area contributed by atoms with Crippen LogP contribution in [-0.2, 0) is 32.7 Å². The molecule has 2 unspecified atom stereocenters. The van der Waals surface area contributed by atoms with Gasteiger partial charge in [-0.1, -0.05) is 203 Å². The number of nitrogens with two attached hydrogens (primary N) is 1. The summed E-state index contributed by atoms with van der Waals surface area (Å²) in [5.74, 6) is -0.921. The van der Waals surface area contributed by atoms with Gasteiger partial charge in [0.15, 0.2) is 6.10 Å². The third kappa shape index (κ3) is 45.1. The minimum Gasteiger partial charge on any atom is -0.462 e. The third-order valence-electron chi connectivity index (χ3n) is 9.92. The van der Waals surface area contributed by atoms with Crippen molar-refractivity contribution in [3.63, 3.8) is 0 Å². The zero-order valence-electron chi connectivity index (χ0n) is 37.7. The van der Waals surface area contributed by atoms with Crippen LogP contribution in [0.2, 0.25) is 0 Å². The van der Waals surface area contributed by atoms with Gasteiger partial charge in [0.2, 0.25) is 0 Å². The Morgan fingerprint density at radius 2 is 0.915 bits per heavy atom. The van der Waals surface area contributed by atoms with Gasteiger partial charge in [0.05, 0.1) is 13.2 Å². The first-order chi connectivity index (χ1) is 28.8. The summed E-state index contributed by atoms with van der Waals surface area (Å²) in [5, 5.41) is 0. The van der Waals surface area contributed by atoms with Crippen molar-refractivity contribution in [3.8, 4) is 0 Å². The highest BCUT2D eigenvalue weighted by molar-refractivity contribution is 7.47. The second kappa shape index (κ2) is 45.2. The van der Waals surface area contributed by atoms with Crippen molar-refractivity contribution in [1.29, 1.82) is 0 Å². The van der Waals surface area contributed by atoms with Crippen molar-refractivity contribution in [2.24, 2.45) is 5.73 Å². The highest BCUT2D eigenvalue weighted by atomic mass is 31.2. The molecule has 9 nitrogen and oxygen atoms in total. The lowest BCUT2D eigenvalue weighted by Crippen LogP contribution is -2.29. The molecule has 0 aliphatic heterocycles. The van der Waals surface area contributed by atoms with Crippen LogP contribution < -0.4 is 5.73 Å². The molecule has 342 valence electrons. The molecule has 2 atom stereocenters. The Balaban J connectivity index is 4.20. The van der Waals surface area contributed by atoms with Crippen molar-refractivity contribution in [1.82, 2.24) is 0 Å². The molecule has 0 aromatic rings. The lowest BCUT2D eigenvalue weighted by Gasteiger charge is -2.19. The van der Waals surface area contributed by atoms with Gasteiger partial charge in [-0.15, -0.1) is 0 Å². The Labute approximate surface area is 361 Å². The van der Waals surface area contributed by atoms with E-state index in [0.717, 1.165) is 44.9 Å². The van der Waals surface area contributed by atoms with Crippen LogP contribution in [0.5, 0.6) is 0 Å². The summed E-state index contributed by atoms with van der Waals surface area (Å²) in [6.45, 7) is 3.64. The van der Waals surface area contributed by atoms with Gasteiger partial charge in [-0.05, 0) is 51.4 Å². The molecule has 0 fully saturated rings. The molecule has 3 N–H and O–H groups in total. The molecule has 0 bridgehead atoms. The van der Waals surface area contributed by atoms with E-state index in [4.69, 9.17) is 24.3 Å². The average Bonchev–Trinajstić information content (AvgIpc) is 3.22. The Morgan fingerprint density at radius 1 is 0.508 bits per heavy atom. The van der Waals surface area contributed by atoms with Crippen molar-refractivity contribution in [2.75, 3.05) is 26.4 Å². The van der Waals surface area contributed by atoms with Crippen LogP contribution in [0.3, 0.4) is 0 Å². The number of hydrogen-bond acceptors (Lipinski definition) is 8. The first kappa shape index (κ1) is 56.7. The number of ether oxygens (including phenoxy) is 2. The minimum atomic E-state index is -4.40. The number of hydrogen-bond donors (Lipinski definition) is 2. The summed E-state index contributed by atoms with van der Waals surface area (Å²) in [5.41, 5.74) is 5.35. The van der Waals surface area contributed by atoms with E-state index in [0.29, 0.717) is 6.42 Å². The molecule has 59 heavy (non-hydrogen) atoms. The number of carbonyl (C=O) groups is 2. The van der Waals surface area contributed by atoms with E-state index in [-0.39, 0.29) is 32.6 Å². The van der Waals surface area contributed by atoms with Gasteiger partial charge in [0.25, 0.3) is 0 Å². The van der Waals surface area contributed by atoms with Crippen LogP contribution in [0.1, 0.15) is 206 Å². The number of rotatable bonds is 44. The van der Waals surface area contributed by atoms with Gasteiger partial charge in [-0.25, -0.2) is 4.57 Å². The van der Waals surface area contributed by atoms with Gasteiger partial charge < -0.3 is 20.1 Å². The van der Waals surface area contributed by atoms with Crippen molar-refractivity contribution in [2.45, 2.75) is 213 Å². The molecular weight excluding hydrogens is 762 g/mol. The molecule has 0 saturated carbocycles. The van der Waals surface area contributed by atoms with E-state index >= 15 is 0 Å². The predicted octanol–water partition coefficient (Wildman–Crippen LogP) is 14.1. The quantitative estimate of drug-likeness (QED) is 0.0266. The first-order valence-corrected chi connectivity index (χ1v) is 25.3. The molecule has 0 spiro atoms. The van der Waals surface area contributed by atoms with E-state index in [1.807, 2.05) is 12.2 Å². The Bertz CT molecular complexity index is 1150. The van der Waals surface area contributed by atoms with Crippen LogP contribution in [0.15, 0.2) is 60.8 Å². The molecule has 0 aromatic carbocycles. The maximum Gasteiger partial charge on any atom is 0.472 e. The average molecular weight is 850 g/mol. The van der Waals surface area contributed by atoms with E-state index < -0.39 is 32.5 Å². The summed E-state index contributed by atoms with van der Waals surface area (Å²) in [7, 11) is -4.40. The Morgan fingerprint density at radius 3 is 1.37 bits per heavy atom. The molecule has 0 heterocycles. The van der Waals surface area contributed by atoms with Crippen LogP contribution in [0, 0.1) is 0 Å². The second-order valence-corrected chi connectivity index (χ2v) is 17.1. The van der Waals surface area contributed by atoms with Crippen molar-refractivity contribution in [3.05, 3.63) is 60.8 Å². The Kier molecular flexibility index (Phi) is 43.5. The summed E-state index contributed by atoms with van der Waals surface area (Å²) in [6, 6.07) is 0. The molecule has 10 heteroatoms. The van der Waals surface area contributed by atoms with E-state index in [1.165, 1.54) is 128 Å². The van der Waals surface area contributed by atoms with E-state index in [1.54, 1.807) is 0 Å². The fourth-order valence-corrected chi connectivity index (χ4v) is 7.15. The topological polar surface area (TPSA) is 134 Å². The van der Waals surface area contributed by atoms with E-state index in [2.05, 4.69) is 62.5 Å². The lowest BCUT2D eigenvalue weighted by atomic mass is 10.0. The van der Waals surface area contributed by atoms with Crippen LogP contribution in [-0.4, -0.2) is 49.3 Å². The number of unbranched alkanes of at least 4 members (excludes halogenated alkanes) is 21. The number of allylic oxidation sites excluding steroid dienone is 10. The zero-order chi connectivity index (χ0) is 43.2. The lowest BCUT2D eigenvalue weighted by molar-refractivity contribution is -0.161. The minimum absolute atomic E-state index is 0.0410. The second-order valence-electron chi connectivity index (χ2n) is 15.6. The highest BCUT2D eigenvalue weighted by Crippen LogP contribution is 2.43. The number of phosphoric acid groups is 1. The molecule has 0 amide bonds. The molecular formula is C49H88NO8P. The maximum absolute atomic E-state index is 12.6. The van der Waals surface area contributed by atoms with Crippen LogP contribution >= 0.6 is 7.82 Å². The summed E-state index contributed by atoms with van der Waals surface area (Å²) < 4.78 is 32.8. The molecule has 0 radical (unpaired) electrons. The summed E-state index contributed by atoms with van der Waals surface area (Å²) in [6.07, 6.45) is 54.1. The van der Waals surface area contributed by atoms with Crippen LogP contribution in [0.4, 0.5) is 0 Å². The molecule has 0 aromatic heterocycles. The molecule has 0 aliphatic carbocycles. The summed E-state index contributed by atoms with van der Waals surface area (Å²) in [4.78, 5) is 34.9. The molecule has 0 aliphatic rings. The van der Waals surface area contributed by atoms with E-state index in [9.17, 15) is 19.0 Å². The fourth-order valence-electron chi connectivity index (χ4n) is 6.38. The number of phosphoric ester groups is 1. The first-order valence-electron chi connectivity index (χ1n) is 23.8. The zero-order valence-corrected chi connectivity index (χ0v) is 38.6. The smallest absolute Gasteiger partial charge is 0.462 e. The third-order valence-corrected chi connectivity index (χ3v) is 10.9. The normalized spacial score (nSPS) is 13.8. The van der Waals surface area contributed by atoms with Crippen molar-refractivity contribution >= 4 is 19.8 Å². The van der Waals surface area contributed by atoms with Gasteiger partial charge in [-0.2, -0.15) is 0 Å². The maximum atomic E-state index is 12.6. The monoisotopic (exact) mass is 850 g/mol.